The normalized spacial score (nSPS) is 11.4. The van der Waals surface area contributed by atoms with Gasteiger partial charge in [-0.25, -0.2) is 9.59 Å². The molecular weight excluding hydrogens is 302 g/mol. The number of nitrogen functional groups attached to an aromatic ring is 1. The van der Waals surface area contributed by atoms with Gasteiger partial charge in [-0.1, -0.05) is 11.6 Å². The quantitative estimate of drug-likeness (QED) is 0.552. The number of imide groups is 1. The number of amides is 3. The number of hydrogen-bond acceptors (Lipinski definition) is 6. The standard InChI is InChI=1S/C12H14ClN3O5/c1-5(10(17)16-12(15)19)21-11(18)6-3-7(13)8(14)4-9(6)20-2/h3-5H,14H2,1-2H3,(H3,15,16,17,19)/t5-/m1/s1. The minimum absolute atomic E-state index is 0.00424. The molecule has 0 unspecified atom stereocenters. The fourth-order valence-electron chi connectivity index (χ4n) is 1.40. The van der Waals surface area contributed by atoms with Gasteiger partial charge in [0, 0.05) is 6.07 Å². The molecular formula is C12H14ClN3O5. The predicted molar refractivity (Wildman–Crippen MR) is 75.0 cm³/mol. The molecule has 0 aromatic heterocycles. The summed E-state index contributed by atoms with van der Waals surface area (Å²) in [4.78, 5) is 34.0. The van der Waals surface area contributed by atoms with E-state index in [1.807, 2.05) is 0 Å². The van der Waals surface area contributed by atoms with Crippen LogP contribution in [0, 0.1) is 0 Å². The first-order valence-corrected chi connectivity index (χ1v) is 6.08. The molecule has 0 saturated carbocycles. The molecule has 8 nitrogen and oxygen atoms in total. The van der Waals surface area contributed by atoms with Crippen LogP contribution < -0.4 is 21.5 Å². The van der Waals surface area contributed by atoms with Crippen molar-refractivity contribution in [3.05, 3.63) is 22.7 Å². The van der Waals surface area contributed by atoms with Crippen molar-refractivity contribution in [1.82, 2.24) is 5.32 Å². The maximum absolute atomic E-state index is 12.0. The number of carbonyl (C=O) groups is 3. The Hall–Kier alpha value is -2.48. The number of rotatable bonds is 4. The zero-order chi connectivity index (χ0) is 16.2. The Balaban J connectivity index is 2.92. The Morgan fingerprint density at radius 1 is 1.33 bits per heavy atom. The van der Waals surface area contributed by atoms with Crippen molar-refractivity contribution in [1.29, 1.82) is 0 Å². The molecule has 0 heterocycles. The first-order valence-electron chi connectivity index (χ1n) is 5.70. The number of carbonyl (C=O) groups excluding carboxylic acids is 3. The molecule has 9 heteroatoms. The molecule has 21 heavy (non-hydrogen) atoms. The molecule has 0 saturated heterocycles. The molecule has 0 aliphatic rings. The number of esters is 1. The molecule has 1 aromatic rings. The zero-order valence-electron chi connectivity index (χ0n) is 11.3. The molecule has 1 atom stereocenters. The number of ether oxygens (including phenoxy) is 2. The molecule has 1 rings (SSSR count). The van der Waals surface area contributed by atoms with Gasteiger partial charge in [-0.2, -0.15) is 0 Å². The van der Waals surface area contributed by atoms with Crippen LogP contribution in [0.3, 0.4) is 0 Å². The molecule has 0 aliphatic heterocycles. The Morgan fingerprint density at radius 3 is 2.48 bits per heavy atom. The molecule has 5 N–H and O–H groups in total. The van der Waals surface area contributed by atoms with Crippen molar-refractivity contribution in [3.8, 4) is 5.75 Å². The van der Waals surface area contributed by atoms with E-state index in [-0.39, 0.29) is 22.0 Å². The molecule has 0 bridgehead atoms. The van der Waals surface area contributed by atoms with Crippen LogP contribution in [0.5, 0.6) is 5.75 Å². The number of primary amides is 1. The van der Waals surface area contributed by atoms with Gasteiger partial charge in [0.2, 0.25) is 0 Å². The number of methoxy groups -OCH3 is 1. The third-order valence-electron chi connectivity index (χ3n) is 2.44. The maximum Gasteiger partial charge on any atom is 0.342 e. The van der Waals surface area contributed by atoms with Crippen LogP contribution in [0.25, 0.3) is 0 Å². The van der Waals surface area contributed by atoms with Crippen LogP contribution >= 0.6 is 11.6 Å². The summed E-state index contributed by atoms with van der Waals surface area (Å²) < 4.78 is 9.89. The van der Waals surface area contributed by atoms with E-state index in [0.29, 0.717) is 0 Å². The number of urea groups is 1. The number of nitrogens with two attached hydrogens (primary N) is 2. The monoisotopic (exact) mass is 315 g/mol. The van der Waals surface area contributed by atoms with Crippen LogP contribution in [-0.2, 0) is 9.53 Å². The van der Waals surface area contributed by atoms with Gasteiger partial charge >= 0.3 is 12.0 Å². The van der Waals surface area contributed by atoms with E-state index >= 15 is 0 Å². The third kappa shape index (κ3) is 4.25. The van der Waals surface area contributed by atoms with E-state index in [4.69, 9.17) is 32.5 Å². The van der Waals surface area contributed by atoms with Gasteiger partial charge in [0.15, 0.2) is 6.10 Å². The van der Waals surface area contributed by atoms with Gasteiger partial charge < -0.3 is 20.9 Å². The lowest BCUT2D eigenvalue weighted by atomic mass is 10.2. The third-order valence-corrected chi connectivity index (χ3v) is 2.77. The van der Waals surface area contributed by atoms with Crippen molar-refractivity contribution in [3.63, 3.8) is 0 Å². The minimum atomic E-state index is -1.23. The van der Waals surface area contributed by atoms with Gasteiger partial charge in [0.05, 0.1) is 17.8 Å². The fourth-order valence-corrected chi connectivity index (χ4v) is 1.56. The van der Waals surface area contributed by atoms with E-state index in [9.17, 15) is 14.4 Å². The summed E-state index contributed by atoms with van der Waals surface area (Å²) in [7, 11) is 1.34. The molecule has 0 radical (unpaired) electrons. The highest BCUT2D eigenvalue weighted by Gasteiger charge is 2.23. The van der Waals surface area contributed by atoms with Crippen molar-refractivity contribution >= 4 is 35.2 Å². The maximum atomic E-state index is 12.0. The lowest BCUT2D eigenvalue weighted by Crippen LogP contribution is -2.42. The molecule has 0 spiro atoms. The zero-order valence-corrected chi connectivity index (χ0v) is 12.1. The minimum Gasteiger partial charge on any atom is -0.496 e. The summed E-state index contributed by atoms with van der Waals surface area (Å²) in [6.07, 6.45) is -1.23. The average Bonchev–Trinajstić information content (AvgIpc) is 2.40. The topological polar surface area (TPSA) is 134 Å². The summed E-state index contributed by atoms with van der Waals surface area (Å²) in [5.41, 5.74) is 10.6. The highest BCUT2D eigenvalue weighted by molar-refractivity contribution is 6.33. The number of anilines is 1. The summed E-state index contributed by atoms with van der Waals surface area (Å²) >= 11 is 5.83. The summed E-state index contributed by atoms with van der Waals surface area (Å²) in [6, 6.07) is 1.57. The number of halogens is 1. The van der Waals surface area contributed by atoms with E-state index in [1.54, 1.807) is 5.32 Å². The first-order chi connectivity index (χ1) is 9.76. The predicted octanol–water partition coefficient (Wildman–Crippen LogP) is 0.671. The summed E-state index contributed by atoms with van der Waals surface area (Å²) in [6.45, 7) is 1.28. The molecule has 1 aromatic carbocycles. The number of nitrogens with one attached hydrogen (secondary N) is 1. The van der Waals surface area contributed by atoms with Crippen LogP contribution in [0.15, 0.2) is 12.1 Å². The van der Waals surface area contributed by atoms with Crippen LogP contribution in [-0.4, -0.2) is 31.1 Å². The summed E-state index contributed by atoms with van der Waals surface area (Å²) in [5.74, 6) is -1.57. The van der Waals surface area contributed by atoms with Crippen molar-refractivity contribution < 1.29 is 23.9 Å². The Kier molecular flexibility index (Phi) is 5.37. The van der Waals surface area contributed by atoms with Crippen molar-refractivity contribution in [2.45, 2.75) is 13.0 Å². The average molecular weight is 316 g/mol. The molecule has 114 valence electrons. The fraction of sp³-hybridized carbons (Fsp3) is 0.250. The molecule has 3 amide bonds. The lowest BCUT2D eigenvalue weighted by Gasteiger charge is -2.14. The Morgan fingerprint density at radius 2 is 1.95 bits per heavy atom. The number of benzene rings is 1. The van der Waals surface area contributed by atoms with E-state index in [0.717, 1.165) is 0 Å². The molecule has 0 aliphatic carbocycles. The highest BCUT2D eigenvalue weighted by Crippen LogP contribution is 2.29. The number of hydrogen-bond donors (Lipinski definition) is 3. The SMILES string of the molecule is COc1cc(N)c(Cl)cc1C(=O)O[C@H](C)C(=O)NC(N)=O. The Bertz CT molecular complexity index is 591. The van der Waals surface area contributed by atoms with Gasteiger partial charge in [-0.05, 0) is 13.0 Å². The first kappa shape index (κ1) is 16.6. The van der Waals surface area contributed by atoms with Crippen LogP contribution in [0.4, 0.5) is 10.5 Å². The van der Waals surface area contributed by atoms with Crippen LogP contribution in [0.1, 0.15) is 17.3 Å². The van der Waals surface area contributed by atoms with E-state index in [1.165, 1.54) is 26.2 Å². The van der Waals surface area contributed by atoms with Gasteiger partial charge in [-0.15, -0.1) is 0 Å². The lowest BCUT2D eigenvalue weighted by molar-refractivity contribution is -0.127. The van der Waals surface area contributed by atoms with Crippen LogP contribution in [0.2, 0.25) is 5.02 Å². The second kappa shape index (κ2) is 6.80. The molecule has 0 fully saturated rings. The van der Waals surface area contributed by atoms with E-state index in [2.05, 4.69) is 0 Å². The van der Waals surface area contributed by atoms with Crippen molar-refractivity contribution in [2.75, 3.05) is 12.8 Å². The second-order valence-electron chi connectivity index (χ2n) is 3.98. The summed E-state index contributed by atoms with van der Waals surface area (Å²) in [5, 5.41) is 1.93. The van der Waals surface area contributed by atoms with Crippen molar-refractivity contribution in [2.24, 2.45) is 5.73 Å². The van der Waals surface area contributed by atoms with Gasteiger partial charge in [-0.3, -0.25) is 10.1 Å². The van der Waals surface area contributed by atoms with Gasteiger partial charge in [0.25, 0.3) is 5.91 Å². The largest absolute Gasteiger partial charge is 0.496 e. The van der Waals surface area contributed by atoms with Gasteiger partial charge in [0.1, 0.15) is 11.3 Å². The smallest absolute Gasteiger partial charge is 0.342 e. The Labute approximate surface area is 125 Å². The second-order valence-corrected chi connectivity index (χ2v) is 4.38. The van der Waals surface area contributed by atoms with E-state index < -0.39 is 24.0 Å². The highest BCUT2D eigenvalue weighted by atomic mass is 35.5.